The summed E-state index contributed by atoms with van der Waals surface area (Å²) in [5.41, 5.74) is 1.03. The number of thiophene rings is 1. The van der Waals surface area contributed by atoms with Crippen molar-refractivity contribution in [3.8, 4) is 17.1 Å². The molecule has 1 amide bonds. The van der Waals surface area contributed by atoms with Crippen LogP contribution in [0.1, 0.15) is 4.88 Å². The second-order valence-electron chi connectivity index (χ2n) is 7.24. The molecule has 0 bridgehead atoms. The van der Waals surface area contributed by atoms with Gasteiger partial charge in [-0.25, -0.2) is 4.39 Å². The third kappa shape index (κ3) is 5.70. The van der Waals surface area contributed by atoms with Crippen molar-refractivity contribution >= 4 is 35.0 Å². The Balaban J connectivity index is 1.42. The molecule has 0 saturated carbocycles. The molecule has 34 heavy (non-hydrogen) atoms. The molecule has 0 fully saturated rings. The normalized spacial score (nSPS) is 10.8. The van der Waals surface area contributed by atoms with Crippen LogP contribution in [-0.2, 0) is 20.9 Å². The lowest BCUT2D eigenvalue weighted by Crippen LogP contribution is -2.30. The van der Waals surface area contributed by atoms with Gasteiger partial charge in [-0.1, -0.05) is 48.2 Å². The lowest BCUT2D eigenvalue weighted by molar-refractivity contribution is -0.149. The van der Waals surface area contributed by atoms with E-state index in [1.165, 1.54) is 11.0 Å². The van der Waals surface area contributed by atoms with Gasteiger partial charge in [0, 0.05) is 17.6 Å². The highest BCUT2D eigenvalue weighted by molar-refractivity contribution is 7.99. The number of carbonyl (C=O) groups is 2. The predicted octanol–water partition coefficient (Wildman–Crippen LogP) is 4.43. The number of hydrogen-bond acceptors (Lipinski definition) is 7. The Hall–Kier alpha value is -3.50. The standard InChI is InChI=1S/C24H21FN4O3S2/c1-28(14-18-10-7-13-33-18)21(30)15-32-22(31)16-34-24-27-26-23(19-11-5-6-12-20(19)25)29(24)17-8-3-2-4-9-17/h2-13H,14-16H2,1H3. The number of hydrogen-bond donors (Lipinski definition) is 0. The first-order valence-corrected chi connectivity index (χ1v) is 12.2. The van der Waals surface area contributed by atoms with E-state index in [0.29, 0.717) is 23.1 Å². The third-order valence-corrected chi connectivity index (χ3v) is 6.60. The summed E-state index contributed by atoms with van der Waals surface area (Å²) in [6.45, 7) is 0.120. The van der Waals surface area contributed by atoms with E-state index >= 15 is 0 Å². The van der Waals surface area contributed by atoms with Crippen molar-refractivity contribution in [2.24, 2.45) is 0 Å². The van der Waals surface area contributed by atoms with Crippen molar-refractivity contribution in [2.75, 3.05) is 19.4 Å². The molecule has 2 aromatic carbocycles. The molecule has 174 valence electrons. The van der Waals surface area contributed by atoms with Gasteiger partial charge in [0.25, 0.3) is 5.91 Å². The van der Waals surface area contributed by atoms with Crippen LogP contribution in [-0.4, -0.2) is 50.9 Å². The Morgan fingerprint density at radius 1 is 1.06 bits per heavy atom. The molecule has 0 saturated heterocycles. The molecule has 0 unspecified atom stereocenters. The molecule has 2 aromatic heterocycles. The van der Waals surface area contributed by atoms with Gasteiger partial charge in [0.05, 0.1) is 17.9 Å². The quantitative estimate of drug-likeness (QED) is 0.252. The Morgan fingerprint density at radius 2 is 1.82 bits per heavy atom. The smallest absolute Gasteiger partial charge is 0.316 e. The number of likely N-dealkylation sites (N-methyl/N-ethyl adjacent to an activating group) is 1. The fourth-order valence-electron chi connectivity index (χ4n) is 3.13. The number of rotatable bonds is 9. The van der Waals surface area contributed by atoms with Crippen molar-refractivity contribution in [1.29, 1.82) is 0 Å². The van der Waals surface area contributed by atoms with Crippen LogP contribution in [0.15, 0.2) is 77.3 Å². The minimum Gasteiger partial charge on any atom is -0.455 e. The summed E-state index contributed by atoms with van der Waals surface area (Å²) in [4.78, 5) is 27.1. The fourth-order valence-corrected chi connectivity index (χ4v) is 4.64. The van der Waals surface area contributed by atoms with E-state index in [-0.39, 0.29) is 18.3 Å². The summed E-state index contributed by atoms with van der Waals surface area (Å²) in [5, 5.41) is 10.7. The highest BCUT2D eigenvalue weighted by atomic mass is 32.2. The fraction of sp³-hybridized carbons (Fsp3) is 0.167. The van der Waals surface area contributed by atoms with E-state index in [1.54, 1.807) is 41.2 Å². The zero-order chi connectivity index (χ0) is 23.9. The molecular weight excluding hydrogens is 475 g/mol. The monoisotopic (exact) mass is 496 g/mol. The second-order valence-corrected chi connectivity index (χ2v) is 9.21. The topological polar surface area (TPSA) is 77.3 Å². The van der Waals surface area contributed by atoms with Crippen LogP contribution in [0, 0.1) is 5.82 Å². The van der Waals surface area contributed by atoms with Gasteiger partial charge in [-0.3, -0.25) is 14.2 Å². The van der Waals surface area contributed by atoms with Gasteiger partial charge in [0.2, 0.25) is 0 Å². The predicted molar refractivity (Wildman–Crippen MR) is 129 cm³/mol. The van der Waals surface area contributed by atoms with Crippen molar-refractivity contribution < 1.29 is 18.7 Å². The maximum Gasteiger partial charge on any atom is 0.316 e. The second kappa shape index (κ2) is 11.1. The van der Waals surface area contributed by atoms with E-state index in [4.69, 9.17) is 4.74 Å². The van der Waals surface area contributed by atoms with Gasteiger partial charge < -0.3 is 9.64 Å². The van der Waals surface area contributed by atoms with Gasteiger partial charge in [0.15, 0.2) is 17.6 Å². The minimum absolute atomic E-state index is 0.0792. The van der Waals surface area contributed by atoms with Gasteiger partial charge in [-0.15, -0.1) is 21.5 Å². The number of ether oxygens (including phenoxy) is 1. The molecule has 7 nitrogen and oxygen atoms in total. The summed E-state index contributed by atoms with van der Waals surface area (Å²) in [6.07, 6.45) is 0. The van der Waals surface area contributed by atoms with Crippen molar-refractivity contribution in [2.45, 2.75) is 11.7 Å². The molecule has 4 rings (SSSR count). The van der Waals surface area contributed by atoms with Crippen molar-refractivity contribution in [1.82, 2.24) is 19.7 Å². The van der Waals surface area contributed by atoms with Crippen LogP contribution in [0.5, 0.6) is 0 Å². The van der Waals surface area contributed by atoms with Crippen molar-refractivity contribution in [3.05, 3.63) is 82.8 Å². The average molecular weight is 497 g/mol. The Kier molecular flexibility index (Phi) is 7.71. The molecule has 0 radical (unpaired) electrons. The van der Waals surface area contributed by atoms with E-state index in [9.17, 15) is 14.0 Å². The number of halogens is 1. The number of esters is 1. The van der Waals surface area contributed by atoms with Gasteiger partial charge >= 0.3 is 5.97 Å². The molecule has 10 heteroatoms. The van der Waals surface area contributed by atoms with Crippen LogP contribution in [0.2, 0.25) is 0 Å². The highest BCUT2D eigenvalue weighted by Crippen LogP contribution is 2.29. The summed E-state index contributed by atoms with van der Waals surface area (Å²) in [7, 11) is 1.66. The van der Waals surface area contributed by atoms with Crippen LogP contribution in [0.4, 0.5) is 4.39 Å². The molecule has 0 aliphatic heterocycles. The first-order valence-electron chi connectivity index (χ1n) is 10.3. The Morgan fingerprint density at radius 3 is 2.56 bits per heavy atom. The molecule has 0 N–H and O–H groups in total. The molecule has 0 aliphatic carbocycles. The minimum atomic E-state index is -0.557. The lowest BCUT2D eigenvalue weighted by Gasteiger charge is -2.16. The number of para-hydroxylation sites is 1. The van der Waals surface area contributed by atoms with Crippen LogP contribution in [0.3, 0.4) is 0 Å². The highest BCUT2D eigenvalue weighted by Gasteiger charge is 2.20. The maximum absolute atomic E-state index is 14.5. The lowest BCUT2D eigenvalue weighted by atomic mass is 10.2. The number of aromatic nitrogens is 3. The first kappa shape index (κ1) is 23.7. The number of carbonyl (C=O) groups excluding carboxylic acids is 2. The Bertz CT molecular complexity index is 1260. The van der Waals surface area contributed by atoms with Gasteiger partial charge in [0.1, 0.15) is 5.82 Å². The number of benzene rings is 2. The van der Waals surface area contributed by atoms with E-state index in [0.717, 1.165) is 22.3 Å². The largest absolute Gasteiger partial charge is 0.455 e. The van der Waals surface area contributed by atoms with E-state index < -0.39 is 11.8 Å². The molecular formula is C24H21FN4O3S2. The number of nitrogens with zero attached hydrogens (tertiary/aromatic N) is 4. The SMILES string of the molecule is CN(Cc1cccs1)C(=O)COC(=O)CSc1nnc(-c2ccccc2F)n1-c1ccccc1. The van der Waals surface area contributed by atoms with E-state index in [2.05, 4.69) is 10.2 Å². The molecule has 4 aromatic rings. The maximum atomic E-state index is 14.5. The van der Waals surface area contributed by atoms with Crippen LogP contribution in [0.25, 0.3) is 17.1 Å². The number of amides is 1. The average Bonchev–Trinajstić information content (AvgIpc) is 3.52. The van der Waals surface area contributed by atoms with Crippen LogP contribution < -0.4 is 0 Å². The molecule has 2 heterocycles. The first-order chi connectivity index (χ1) is 16.5. The summed E-state index contributed by atoms with van der Waals surface area (Å²) < 4.78 is 21.3. The van der Waals surface area contributed by atoms with Crippen molar-refractivity contribution in [3.63, 3.8) is 0 Å². The molecule has 0 spiro atoms. The number of thioether (sulfide) groups is 1. The van der Waals surface area contributed by atoms with Gasteiger partial charge in [-0.05, 0) is 35.7 Å². The molecule has 0 aliphatic rings. The zero-order valence-corrected chi connectivity index (χ0v) is 19.9. The third-order valence-electron chi connectivity index (χ3n) is 4.84. The van der Waals surface area contributed by atoms with Crippen LogP contribution >= 0.6 is 23.1 Å². The summed E-state index contributed by atoms with van der Waals surface area (Å²) in [5.74, 6) is -1.03. The van der Waals surface area contributed by atoms with E-state index in [1.807, 2.05) is 47.8 Å². The molecule has 0 atom stereocenters. The zero-order valence-electron chi connectivity index (χ0n) is 18.3. The summed E-state index contributed by atoms with van der Waals surface area (Å²) in [6, 6.07) is 19.4. The Labute approximate surface area is 204 Å². The summed E-state index contributed by atoms with van der Waals surface area (Å²) >= 11 is 2.66. The van der Waals surface area contributed by atoms with Gasteiger partial charge in [-0.2, -0.15) is 0 Å².